The SMILES string of the molecule is Cc1cccc2c1cc(CN(C)C)n2C. The quantitative estimate of drug-likeness (QED) is 0.726. The van der Waals surface area contributed by atoms with Crippen LogP contribution in [-0.2, 0) is 13.6 Å². The van der Waals surface area contributed by atoms with Crippen LogP contribution in [0, 0.1) is 6.92 Å². The van der Waals surface area contributed by atoms with Crippen LogP contribution in [0.5, 0.6) is 0 Å². The third-order valence-corrected chi connectivity index (χ3v) is 2.88. The number of nitrogens with zero attached hydrogens (tertiary/aromatic N) is 2. The topological polar surface area (TPSA) is 8.17 Å². The Morgan fingerprint density at radius 2 is 2.00 bits per heavy atom. The fourth-order valence-electron chi connectivity index (χ4n) is 2.04. The van der Waals surface area contributed by atoms with Crippen molar-refractivity contribution in [3.63, 3.8) is 0 Å². The second-order valence-corrected chi connectivity index (χ2v) is 4.44. The summed E-state index contributed by atoms with van der Waals surface area (Å²) in [4.78, 5) is 2.20. The molecule has 0 radical (unpaired) electrons. The van der Waals surface area contributed by atoms with E-state index in [2.05, 4.69) is 61.8 Å². The number of benzene rings is 1. The van der Waals surface area contributed by atoms with Gasteiger partial charge in [0, 0.05) is 30.2 Å². The van der Waals surface area contributed by atoms with Crippen molar-refractivity contribution in [3.05, 3.63) is 35.5 Å². The first kappa shape index (κ1) is 10.2. The summed E-state index contributed by atoms with van der Waals surface area (Å²) in [5.41, 5.74) is 4.05. The fraction of sp³-hybridized carbons (Fsp3) is 0.385. The summed E-state index contributed by atoms with van der Waals surface area (Å²) in [7, 11) is 6.34. The van der Waals surface area contributed by atoms with Crippen molar-refractivity contribution < 1.29 is 0 Å². The van der Waals surface area contributed by atoms with Crippen molar-refractivity contribution in [3.8, 4) is 0 Å². The van der Waals surface area contributed by atoms with Crippen LogP contribution in [-0.4, -0.2) is 23.6 Å². The third-order valence-electron chi connectivity index (χ3n) is 2.88. The lowest BCUT2D eigenvalue weighted by Crippen LogP contribution is -2.13. The molecule has 0 aliphatic rings. The van der Waals surface area contributed by atoms with Crippen molar-refractivity contribution in [2.45, 2.75) is 13.5 Å². The van der Waals surface area contributed by atoms with Gasteiger partial charge in [0.05, 0.1) is 0 Å². The maximum atomic E-state index is 2.30. The van der Waals surface area contributed by atoms with E-state index in [-0.39, 0.29) is 0 Å². The van der Waals surface area contributed by atoms with E-state index in [1.54, 1.807) is 0 Å². The van der Waals surface area contributed by atoms with E-state index < -0.39 is 0 Å². The van der Waals surface area contributed by atoms with Gasteiger partial charge in [0.1, 0.15) is 0 Å². The van der Waals surface area contributed by atoms with E-state index in [0.717, 1.165) is 6.54 Å². The zero-order valence-corrected chi connectivity index (χ0v) is 9.91. The van der Waals surface area contributed by atoms with Crippen molar-refractivity contribution in [1.29, 1.82) is 0 Å². The molecule has 1 heterocycles. The molecule has 0 bridgehead atoms. The van der Waals surface area contributed by atoms with Gasteiger partial charge in [0.15, 0.2) is 0 Å². The van der Waals surface area contributed by atoms with Gasteiger partial charge < -0.3 is 9.47 Å². The maximum Gasteiger partial charge on any atom is 0.0482 e. The summed E-state index contributed by atoms with van der Waals surface area (Å²) in [6, 6.07) is 8.77. The van der Waals surface area contributed by atoms with Gasteiger partial charge in [0.2, 0.25) is 0 Å². The minimum absolute atomic E-state index is 0.991. The lowest BCUT2D eigenvalue weighted by atomic mass is 10.1. The van der Waals surface area contributed by atoms with Gasteiger partial charge in [-0.15, -0.1) is 0 Å². The largest absolute Gasteiger partial charge is 0.346 e. The minimum Gasteiger partial charge on any atom is -0.346 e. The van der Waals surface area contributed by atoms with Gasteiger partial charge in [0.25, 0.3) is 0 Å². The Bertz CT molecular complexity index is 480. The van der Waals surface area contributed by atoms with E-state index in [4.69, 9.17) is 0 Å². The van der Waals surface area contributed by atoms with Crippen LogP contribution in [0.25, 0.3) is 10.9 Å². The molecule has 0 aliphatic carbocycles. The Morgan fingerprint density at radius 1 is 1.27 bits per heavy atom. The summed E-state index contributed by atoms with van der Waals surface area (Å²) in [6.07, 6.45) is 0. The summed E-state index contributed by atoms with van der Waals surface area (Å²) in [6.45, 7) is 3.16. The minimum atomic E-state index is 0.991. The van der Waals surface area contributed by atoms with Crippen LogP contribution in [0.4, 0.5) is 0 Å². The zero-order chi connectivity index (χ0) is 11.0. The Kier molecular flexibility index (Phi) is 2.53. The smallest absolute Gasteiger partial charge is 0.0482 e. The molecule has 0 atom stereocenters. The molecule has 2 heteroatoms. The standard InChI is InChI=1S/C13H18N2/c1-10-6-5-7-13-12(10)8-11(15(13)4)9-14(2)3/h5-8H,9H2,1-4H3. The van der Waals surface area contributed by atoms with Crippen LogP contribution in [0.15, 0.2) is 24.3 Å². The van der Waals surface area contributed by atoms with Gasteiger partial charge in [-0.05, 0) is 38.7 Å². The van der Waals surface area contributed by atoms with Crippen molar-refractivity contribution >= 4 is 10.9 Å². The molecule has 0 fully saturated rings. The Balaban J connectivity index is 2.59. The molecule has 2 rings (SSSR count). The summed E-state index contributed by atoms with van der Waals surface area (Å²) < 4.78 is 2.28. The highest BCUT2D eigenvalue weighted by Gasteiger charge is 2.07. The number of fused-ring (bicyclic) bond motifs is 1. The van der Waals surface area contributed by atoms with Crippen molar-refractivity contribution in [2.24, 2.45) is 7.05 Å². The van der Waals surface area contributed by atoms with Crippen LogP contribution in [0.3, 0.4) is 0 Å². The molecule has 80 valence electrons. The Hall–Kier alpha value is -1.28. The van der Waals surface area contributed by atoms with Gasteiger partial charge in [-0.25, -0.2) is 0 Å². The van der Waals surface area contributed by atoms with Gasteiger partial charge >= 0.3 is 0 Å². The number of rotatable bonds is 2. The average Bonchev–Trinajstić information content (AvgIpc) is 2.46. The fourth-order valence-corrected chi connectivity index (χ4v) is 2.04. The molecule has 15 heavy (non-hydrogen) atoms. The van der Waals surface area contributed by atoms with Crippen LogP contribution in [0.2, 0.25) is 0 Å². The van der Waals surface area contributed by atoms with Crippen molar-refractivity contribution in [1.82, 2.24) is 9.47 Å². The van der Waals surface area contributed by atoms with E-state index in [0.29, 0.717) is 0 Å². The molecular weight excluding hydrogens is 184 g/mol. The molecule has 0 saturated heterocycles. The predicted molar refractivity (Wildman–Crippen MR) is 65.0 cm³/mol. The molecule has 0 unspecified atom stereocenters. The van der Waals surface area contributed by atoms with Gasteiger partial charge in [-0.2, -0.15) is 0 Å². The molecule has 2 nitrogen and oxygen atoms in total. The maximum absolute atomic E-state index is 2.30. The van der Waals surface area contributed by atoms with E-state index in [9.17, 15) is 0 Å². The van der Waals surface area contributed by atoms with Crippen LogP contribution >= 0.6 is 0 Å². The van der Waals surface area contributed by atoms with E-state index in [1.165, 1.54) is 22.2 Å². The first-order chi connectivity index (χ1) is 7.09. The first-order valence-corrected chi connectivity index (χ1v) is 5.28. The molecule has 1 aromatic heterocycles. The summed E-state index contributed by atoms with van der Waals surface area (Å²) >= 11 is 0. The van der Waals surface area contributed by atoms with Crippen LogP contribution in [0.1, 0.15) is 11.3 Å². The molecule has 0 spiro atoms. The van der Waals surface area contributed by atoms with Crippen LogP contribution < -0.4 is 0 Å². The summed E-state index contributed by atoms with van der Waals surface area (Å²) in [5.74, 6) is 0. The number of aryl methyl sites for hydroxylation is 2. The highest BCUT2D eigenvalue weighted by atomic mass is 15.1. The summed E-state index contributed by atoms with van der Waals surface area (Å²) in [5, 5.41) is 1.37. The number of aromatic nitrogens is 1. The van der Waals surface area contributed by atoms with Crippen molar-refractivity contribution in [2.75, 3.05) is 14.1 Å². The van der Waals surface area contributed by atoms with E-state index >= 15 is 0 Å². The van der Waals surface area contributed by atoms with Gasteiger partial charge in [-0.1, -0.05) is 12.1 Å². The molecule has 0 amide bonds. The molecule has 1 aromatic carbocycles. The van der Waals surface area contributed by atoms with Gasteiger partial charge in [-0.3, -0.25) is 0 Å². The normalized spacial score (nSPS) is 11.5. The molecule has 0 N–H and O–H groups in total. The Labute approximate surface area is 91.1 Å². The molecular formula is C13H18N2. The third kappa shape index (κ3) is 1.77. The lowest BCUT2D eigenvalue weighted by Gasteiger charge is -2.10. The highest BCUT2D eigenvalue weighted by molar-refractivity contribution is 5.84. The molecule has 0 saturated carbocycles. The Morgan fingerprint density at radius 3 is 2.60 bits per heavy atom. The second-order valence-electron chi connectivity index (χ2n) is 4.44. The average molecular weight is 202 g/mol. The zero-order valence-electron chi connectivity index (χ0n) is 9.91. The highest BCUT2D eigenvalue weighted by Crippen LogP contribution is 2.22. The first-order valence-electron chi connectivity index (χ1n) is 5.28. The lowest BCUT2D eigenvalue weighted by molar-refractivity contribution is 0.392. The number of hydrogen-bond acceptors (Lipinski definition) is 1. The monoisotopic (exact) mass is 202 g/mol. The molecule has 2 aromatic rings. The predicted octanol–water partition coefficient (Wildman–Crippen LogP) is 2.55. The van der Waals surface area contributed by atoms with E-state index in [1.807, 2.05) is 0 Å². The molecule has 0 aliphatic heterocycles. The second kappa shape index (κ2) is 3.70. The number of hydrogen-bond donors (Lipinski definition) is 0.